The SMILES string of the molecule is Cn1nnnc1SC[C@H]1C[C@@H](c2ccc(CO)cc2)O[C@@H](c2ccc(CNC(=O)CCCC(=O)NO)cc2)O1. The van der Waals surface area contributed by atoms with Gasteiger partial charge in [-0.2, -0.15) is 0 Å². The van der Waals surface area contributed by atoms with Crippen molar-refractivity contribution >= 4 is 23.6 Å². The maximum atomic E-state index is 12.0. The minimum Gasteiger partial charge on any atom is -0.392 e. The molecule has 4 rings (SSSR count). The zero-order chi connectivity index (χ0) is 27.6. The summed E-state index contributed by atoms with van der Waals surface area (Å²) < 4.78 is 14.3. The smallest absolute Gasteiger partial charge is 0.243 e. The molecule has 0 unspecified atom stereocenters. The molecule has 3 atom stereocenters. The van der Waals surface area contributed by atoms with Gasteiger partial charge in [-0.1, -0.05) is 60.3 Å². The molecule has 1 aliphatic heterocycles. The number of benzene rings is 2. The van der Waals surface area contributed by atoms with E-state index in [0.717, 1.165) is 22.3 Å². The first-order valence-electron chi connectivity index (χ1n) is 12.6. The highest BCUT2D eigenvalue weighted by molar-refractivity contribution is 7.99. The molecule has 0 radical (unpaired) electrons. The maximum Gasteiger partial charge on any atom is 0.243 e. The summed E-state index contributed by atoms with van der Waals surface area (Å²) in [5, 5.41) is 33.1. The topological polar surface area (TPSA) is 161 Å². The first kappa shape index (κ1) is 28.6. The zero-order valence-corrected chi connectivity index (χ0v) is 22.3. The third-order valence-corrected chi connectivity index (χ3v) is 7.41. The molecule has 2 aromatic carbocycles. The Morgan fingerprint density at radius 3 is 2.38 bits per heavy atom. The molecule has 4 N–H and O–H groups in total. The molecular formula is C26H32N6O6S. The summed E-state index contributed by atoms with van der Waals surface area (Å²) in [6.07, 6.45) is 0.361. The van der Waals surface area contributed by atoms with Crippen LogP contribution in [0, 0.1) is 0 Å². The average molecular weight is 557 g/mol. The van der Waals surface area contributed by atoms with Crippen molar-refractivity contribution in [1.29, 1.82) is 0 Å². The van der Waals surface area contributed by atoms with Crippen molar-refractivity contribution in [2.75, 3.05) is 5.75 Å². The van der Waals surface area contributed by atoms with E-state index in [1.165, 1.54) is 11.8 Å². The fraction of sp³-hybridized carbons (Fsp3) is 0.423. The molecule has 3 aromatic rings. The van der Waals surface area contributed by atoms with Crippen LogP contribution in [0.2, 0.25) is 0 Å². The van der Waals surface area contributed by atoms with Gasteiger partial charge in [0.25, 0.3) is 0 Å². The number of tetrazole rings is 1. The number of aliphatic hydroxyl groups is 1. The van der Waals surface area contributed by atoms with Gasteiger partial charge in [0.15, 0.2) is 6.29 Å². The normalized spacial score (nSPS) is 19.0. The fourth-order valence-electron chi connectivity index (χ4n) is 4.08. The molecule has 1 aromatic heterocycles. The van der Waals surface area contributed by atoms with Crippen LogP contribution in [-0.2, 0) is 39.3 Å². The second-order valence-corrected chi connectivity index (χ2v) is 10.1. The first-order valence-corrected chi connectivity index (χ1v) is 13.6. The van der Waals surface area contributed by atoms with E-state index in [9.17, 15) is 14.7 Å². The van der Waals surface area contributed by atoms with Gasteiger partial charge in [0.2, 0.25) is 17.0 Å². The van der Waals surface area contributed by atoms with Crippen molar-refractivity contribution in [2.45, 2.75) is 62.5 Å². The molecule has 12 nitrogen and oxygen atoms in total. The van der Waals surface area contributed by atoms with Crippen molar-refractivity contribution in [3.05, 3.63) is 70.8 Å². The standard InChI is InChI=1S/C26H32N6O6S/c1-32-26(28-30-31-32)39-16-21-13-22(19-9-7-18(15-33)8-10-19)38-25(37-21)20-11-5-17(6-12-20)14-27-23(34)3-2-4-24(35)29-36/h5-12,21-22,25,33,36H,2-4,13-16H2,1H3,(H,27,34)(H,29,35)/t21-,22+,25+/m1/s1. The molecule has 2 heterocycles. The van der Waals surface area contributed by atoms with Gasteiger partial charge < -0.3 is 19.9 Å². The van der Waals surface area contributed by atoms with Gasteiger partial charge in [-0.15, -0.1) is 5.10 Å². The molecule has 1 aliphatic rings. The number of hydrogen-bond donors (Lipinski definition) is 4. The lowest BCUT2D eigenvalue weighted by molar-refractivity contribution is -0.245. The average Bonchev–Trinajstić information content (AvgIpc) is 3.39. The summed E-state index contributed by atoms with van der Waals surface area (Å²) in [4.78, 5) is 23.1. The lowest BCUT2D eigenvalue weighted by Gasteiger charge is -2.36. The van der Waals surface area contributed by atoms with Crippen LogP contribution in [0.1, 0.15) is 60.3 Å². The van der Waals surface area contributed by atoms with E-state index < -0.39 is 12.2 Å². The van der Waals surface area contributed by atoms with Crippen LogP contribution in [0.4, 0.5) is 0 Å². The first-order chi connectivity index (χ1) is 18.9. The van der Waals surface area contributed by atoms with Crippen molar-refractivity contribution in [2.24, 2.45) is 7.05 Å². The van der Waals surface area contributed by atoms with Gasteiger partial charge >= 0.3 is 0 Å². The number of rotatable bonds is 12. The number of nitrogens with one attached hydrogen (secondary N) is 2. The van der Waals surface area contributed by atoms with Crippen LogP contribution < -0.4 is 10.8 Å². The Hall–Kier alpha value is -3.36. The number of hydroxylamine groups is 1. The minimum atomic E-state index is -0.592. The van der Waals surface area contributed by atoms with Gasteiger partial charge in [-0.3, -0.25) is 14.8 Å². The van der Waals surface area contributed by atoms with E-state index in [0.29, 0.717) is 30.3 Å². The van der Waals surface area contributed by atoms with E-state index in [4.69, 9.17) is 14.7 Å². The molecule has 0 saturated carbocycles. The quantitative estimate of drug-likeness (QED) is 0.148. The highest BCUT2D eigenvalue weighted by Gasteiger charge is 2.32. The highest BCUT2D eigenvalue weighted by atomic mass is 32.2. The Morgan fingerprint density at radius 1 is 1.03 bits per heavy atom. The van der Waals surface area contributed by atoms with E-state index in [-0.39, 0.29) is 37.6 Å². The van der Waals surface area contributed by atoms with E-state index >= 15 is 0 Å². The Kier molecular flexibility index (Phi) is 10.4. The van der Waals surface area contributed by atoms with Crippen LogP contribution in [-0.4, -0.2) is 54.2 Å². The molecular weight excluding hydrogens is 524 g/mol. The molecule has 2 amide bonds. The molecule has 208 valence electrons. The van der Waals surface area contributed by atoms with Crippen LogP contribution in [0.5, 0.6) is 0 Å². The predicted molar refractivity (Wildman–Crippen MR) is 140 cm³/mol. The monoisotopic (exact) mass is 556 g/mol. The Labute approximate surface area is 230 Å². The van der Waals surface area contributed by atoms with Crippen molar-refractivity contribution in [3.63, 3.8) is 0 Å². The van der Waals surface area contributed by atoms with Crippen LogP contribution in [0.25, 0.3) is 0 Å². The van der Waals surface area contributed by atoms with Crippen LogP contribution in [0.15, 0.2) is 53.7 Å². The van der Waals surface area contributed by atoms with E-state index in [1.54, 1.807) is 17.2 Å². The number of aromatic nitrogens is 4. The second-order valence-electron chi connectivity index (χ2n) is 9.15. The second kappa shape index (κ2) is 14.1. The molecule has 1 fully saturated rings. The maximum absolute atomic E-state index is 12.0. The molecule has 13 heteroatoms. The number of hydrogen-bond acceptors (Lipinski definition) is 10. The fourth-order valence-corrected chi connectivity index (χ4v) is 4.95. The summed E-state index contributed by atoms with van der Waals surface area (Å²) in [6, 6.07) is 15.4. The van der Waals surface area contributed by atoms with Gasteiger partial charge in [-0.25, -0.2) is 10.2 Å². The Morgan fingerprint density at radius 2 is 1.72 bits per heavy atom. The molecule has 0 aliphatic carbocycles. The minimum absolute atomic E-state index is 0.0176. The molecule has 1 saturated heterocycles. The van der Waals surface area contributed by atoms with E-state index in [1.807, 2.05) is 48.5 Å². The largest absolute Gasteiger partial charge is 0.392 e. The Bertz CT molecular complexity index is 1220. The van der Waals surface area contributed by atoms with E-state index in [2.05, 4.69) is 20.8 Å². The number of aliphatic hydroxyl groups excluding tert-OH is 1. The molecule has 39 heavy (non-hydrogen) atoms. The lowest BCUT2D eigenvalue weighted by Crippen LogP contribution is -2.31. The predicted octanol–water partition coefficient (Wildman–Crippen LogP) is 2.33. The van der Waals surface area contributed by atoms with Gasteiger partial charge in [0.1, 0.15) is 0 Å². The number of nitrogens with zero attached hydrogens (tertiary/aromatic N) is 4. The van der Waals surface area contributed by atoms with Gasteiger partial charge in [-0.05, 0) is 33.5 Å². The van der Waals surface area contributed by atoms with Crippen LogP contribution in [0.3, 0.4) is 0 Å². The number of carbonyl (C=O) groups is 2. The number of amides is 2. The summed E-state index contributed by atoms with van der Waals surface area (Å²) in [6.45, 7) is 0.332. The summed E-state index contributed by atoms with van der Waals surface area (Å²) in [7, 11) is 1.79. The van der Waals surface area contributed by atoms with Crippen molar-refractivity contribution in [1.82, 2.24) is 31.0 Å². The molecule has 0 spiro atoms. The third kappa shape index (κ3) is 8.31. The van der Waals surface area contributed by atoms with Gasteiger partial charge in [0.05, 0.1) is 18.8 Å². The Balaban J connectivity index is 1.38. The lowest BCUT2D eigenvalue weighted by atomic mass is 10.0. The number of thioether (sulfide) groups is 1. The summed E-state index contributed by atoms with van der Waals surface area (Å²) in [5.74, 6) is -0.0395. The molecule has 0 bridgehead atoms. The third-order valence-electron chi connectivity index (χ3n) is 6.27. The summed E-state index contributed by atoms with van der Waals surface area (Å²) in [5.41, 5.74) is 5.16. The van der Waals surface area contributed by atoms with Crippen molar-refractivity contribution < 1.29 is 29.4 Å². The summed E-state index contributed by atoms with van der Waals surface area (Å²) >= 11 is 1.52. The number of ether oxygens (including phenoxy) is 2. The highest BCUT2D eigenvalue weighted by Crippen LogP contribution is 2.39. The number of aryl methyl sites for hydroxylation is 1. The van der Waals surface area contributed by atoms with Gasteiger partial charge in [0, 0.05) is 44.2 Å². The number of carbonyl (C=O) groups excluding carboxylic acids is 2. The van der Waals surface area contributed by atoms with Crippen LogP contribution >= 0.6 is 11.8 Å². The zero-order valence-electron chi connectivity index (χ0n) is 21.5. The van der Waals surface area contributed by atoms with Crippen molar-refractivity contribution in [3.8, 4) is 0 Å².